The summed E-state index contributed by atoms with van der Waals surface area (Å²) in [5.41, 5.74) is 0.314. The van der Waals surface area contributed by atoms with Crippen LogP contribution < -0.4 is 15.4 Å². The number of anilines is 1. The average Bonchev–Trinajstić information content (AvgIpc) is 2.40. The van der Waals surface area contributed by atoms with Gasteiger partial charge in [-0.25, -0.2) is 9.18 Å². The second kappa shape index (κ2) is 7.63. The number of amides is 2. The fourth-order valence-corrected chi connectivity index (χ4v) is 1.96. The minimum atomic E-state index is -0.911. The minimum Gasteiger partial charge on any atom is -0.487 e. The molecule has 1 aliphatic rings. The Morgan fingerprint density at radius 2 is 2.14 bits per heavy atom. The zero-order chi connectivity index (χ0) is 15.9. The zero-order valence-electron chi connectivity index (χ0n) is 12.1. The SMILES string of the molecule is O=C(O)CCCNC(=O)Nc1ccc(OC2CCC2)c(F)c1. The van der Waals surface area contributed by atoms with E-state index < -0.39 is 17.8 Å². The van der Waals surface area contributed by atoms with E-state index in [-0.39, 0.29) is 24.8 Å². The molecule has 6 nitrogen and oxygen atoms in total. The molecular formula is C15H19FN2O4. The highest BCUT2D eigenvalue weighted by molar-refractivity contribution is 5.89. The van der Waals surface area contributed by atoms with Gasteiger partial charge in [-0.05, 0) is 37.8 Å². The monoisotopic (exact) mass is 310 g/mol. The lowest BCUT2D eigenvalue weighted by atomic mass is 9.96. The predicted molar refractivity (Wildman–Crippen MR) is 78.6 cm³/mol. The van der Waals surface area contributed by atoms with Crippen molar-refractivity contribution in [1.29, 1.82) is 0 Å². The van der Waals surface area contributed by atoms with E-state index in [2.05, 4.69) is 10.6 Å². The molecule has 1 aromatic carbocycles. The first kappa shape index (κ1) is 16.1. The average molecular weight is 310 g/mol. The molecule has 1 aromatic rings. The molecule has 7 heteroatoms. The van der Waals surface area contributed by atoms with E-state index in [9.17, 15) is 14.0 Å². The van der Waals surface area contributed by atoms with E-state index in [4.69, 9.17) is 9.84 Å². The van der Waals surface area contributed by atoms with Gasteiger partial charge in [0, 0.05) is 24.7 Å². The predicted octanol–water partition coefficient (Wildman–Crippen LogP) is 2.74. The van der Waals surface area contributed by atoms with E-state index in [1.54, 1.807) is 6.07 Å². The molecule has 0 unspecified atom stereocenters. The molecule has 22 heavy (non-hydrogen) atoms. The summed E-state index contributed by atoms with van der Waals surface area (Å²) >= 11 is 0. The molecule has 0 saturated heterocycles. The van der Waals surface area contributed by atoms with Gasteiger partial charge in [0.15, 0.2) is 11.6 Å². The number of halogens is 1. The van der Waals surface area contributed by atoms with Gasteiger partial charge in [-0.15, -0.1) is 0 Å². The highest BCUT2D eigenvalue weighted by atomic mass is 19.1. The summed E-state index contributed by atoms with van der Waals surface area (Å²) in [7, 11) is 0. The summed E-state index contributed by atoms with van der Waals surface area (Å²) in [6.07, 6.45) is 3.41. The van der Waals surface area contributed by atoms with Gasteiger partial charge in [0.25, 0.3) is 0 Å². The van der Waals surface area contributed by atoms with Crippen LogP contribution in [0.3, 0.4) is 0 Å². The van der Waals surface area contributed by atoms with Crippen LogP contribution >= 0.6 is 0 Å². The summed E-state index contributed by atoms with van der Waals surface area (Å²) in [6, 6.07) is 3.75. The highest BCUT2D eigenvalue weighted by Gasteiger charge is 2.20. The topological polar surface area (TPSA) is 87.7 Å². The van der Waals surface area contributed by atoms with Crippen LogP contribution in [0.1, 0.15) is 32.1 Å². The Bertz CT molecular complexity index is 546. The molecule has 1 aliphatic carbocycles. The number of carbonyl (C=O) groups is 2. The number of carboxylic acid groups (broad SMARTS) is 1. The largest absolute Gasteiger partial charge is 0.487 e. The first-order valence-electron chi connectivity index (χ1n) is 7.27. The Labute approximate surface area is 127 Å². The number of carbonyl (C=O) groups excluding carboxylic acids is 1. The molecule has 1 fully saturated rings. The van der Waals surface area contributed by atoms with Crippen molar-refractivity contribution in [3.63, 3.8) is 0 Å². The summed E-state index contributed by atoms with van der Waals surface area (Å²) in [5.74, 6) is -1.24. The Kier molecular flexibility index (Phi) is 5.57. The number of benzene rings is 1. The molecule has 3 N–H and O–H groups in total. The van der Waals surface area contributed by atoms with E-state index in [0.717, 1.165) is 19.3 Å². The third kappa shape index (κ3) is 4.91. The molecule has 0 spiro atoms. The number of rotatable bonds is 7. The summed E-state index contributed by atoms with van der Waals surface area (Å²) < 4.78 is 19.3. The van der Waals surface area contributed by atoms with Crippen molar-refractivity contribution in [2.45, 2.75) is 38.2 Å². The van der Waals surface area contributed by atoms with Crippen LogP contribution in [0.2, 0.25) is 0 Å². The standard InChI is InChI=1S/C15H19FN2O4/c16-12-9-10(6-7-13(12)22-11-3-1-4-11)18-15(21)17-8-2-5-14(19)20/h6-7,9,11H,1-5,8H2,(H,19,20)(H2,17,18,21). The lowest BCUT2D eigenvalue weighted by Crippen LogP contribution is -2.29. The lowest BCUT2D eigenvalue weighted by Gasteiger charge is -2.26. The maximum atomic E-state index is 13.9. The smallest absolute Gasteiger partial charge is 0.319 e. The van der Waals surface area contributed by atoms with E-state index in [1.807, 2.05) is 0 Å². The number of ether oxygens (including phenoxy) is 1. The van der Waals surface area contributed by atoms with Gasteiger partial charge in [0.1, 0.15) is 0 Å². The molecule has 0 heterocycles. The second-order valence-electron chi connectivity index (χ2n) is 5.19. The van der Waals surface area contributed by atoms with Crippen molar-refractivity contribution >= 4 is 17.7 Å². The molecule has 0 radical (unpaired) electrons. The molecule has 120 valence electrons. The summed E-state index contributed by atoms with van der Waals surface area (Å²) in [5, 5.41) is 13.5. The Balaban J connectivity index is 1.78. The molecule has 0 bridgehead atoms. The fourth-order valence-electron chi connectivity index (χ4n) is 1.96. The number of hydrogen-bond donors (Lipinski definition) is 3. The Morgan fingerprint density at radius 1 is 1.36 bits per heavy atom. The molecule has 2 rings (SSSR count). The van der Waals surface area contributed by atoms with Crippen LogP contribution in [-0.2, 0) is 4.79 Å². The molecule has 1 saturated carbocycles. The van der Waals surface area contributed by atoms with Gasteiger partial charge >= 0.3 is 12.0 Å². The molecule has 0 aromatic heterocycles. The molecular weight excluding hydrogens is 291 g/mol. The van der Waals surface area contributed by atoms with E-state index in [0.29, 0.717) is 12.1 Å². The van der Waals surface area contributed by atoms with Crippen molar-refractivity contribution in [3.8, 4) is 5.75 Å². The minimum absolute atomic E-state index is 0.0118. The van der Waals surface area contributed by atoms with Crippen LogP contribution in [-0.4, -0.2) is 29.8 Å². The first-order chi connectivity index (χ1) is 10.5. The summed E-state index contributed by atoms with van der Waals surface area (Å²) in [6.45, 7) is 0.240. The van der Waals surface area contributed by atoms with E-state index in [1.165, 1.54) is 12.1 Å². The first-order valence-corrected chi connectivity index (χ1v) is 7.27. The van der Waals surface area contributed by atoms with Gasteiger partial charge in [-0.1, -0.05) is 0 Å². The summed E-state index contributed by atoms with van der Waals surface area (Å²) in [4.78, 5) is 21.9. The van der Waals surface area contributed by atoms with Crippen LogP contribution in [0, 0.1) is 5.82 Å². The molecule has 0 atom stereocenters. The Morgan fingerprint density at radius 3 is 2.73 bits per heavy atom. The lowest BCUT2D eigenvalue weighted by molar-refractivity contribution is -0.137. The molecule has 0 aliphatic heterocycles. The maximum absolute atomic E-state index is 13.9. The van der Waals surface area contributed by atoms with Crippen LogP contribution in [0.5, 0.6) is 5.75 Å². The maximum Gasteiger partial charge on any atom is 0.319 e. The van der Waals surface area contributed by atoms with E-state index >= 15 is 0 Å². The third-order valence-corrected chi connectivity index (χ3v) is 3.39. The van der Waals surface area contributed by atoms with Gasteiger partial charge in [0.2, 0.25) is 0 Å². The Hall–Kier alpha value is -2.31. The highest BCUT2D eigenvalue weighted by Crippen LogP contribution is 2.28. The van der Waals surface area contributed by atoms with Crippen molar-refractivity contribution in [1.82, 2.24) is 5.32 Å². The van der Waals surface area contributed by atoms with Crippen molar-refractivity contribution in [2.75, 3.05) is 11.9 Å². The van der Waals surface area contributed by atoms with Gasteiger partial charge in [-0.3, -0.25) is 4.79 Å². The number of carboxylic acids is 1. The van der Waals surface area contributed by atoms with Crippen LogP contribution in [0.4, 0.5) is 14.9 Å². The van der Waals surface area contributed by atoms with Crippen molar-refractivity contribution in [3.05, 3.63) is 24.0 Å². The quantitative estimate of drug-likeness (QED) is 0.676. The van der Waals surface area contributed by atoms with Gasteiger partial charge in [0.05, 0.1) is 6.10 Å². The normalized spacial score (nSPS) is 14.0. The van der Waals surface area contributed by atoms with Gasteiger partial charge in [-0.2, -0.15) is 0 Å². The molecule has 2 amide bonds. The van der Waals surface area contributed by atoms with Crippen LogP contribution in [0.25, 0.3) is 0 Å². The second-order valence-corrected chi connectivity index (χ2v) is 5.19. The van der Waals surface area contributed by atoms with Gasteiger partial charge < -0.3 is 20.5 Å². The van der Waals surface area contributed by atoms with Crippen LogP contribution in [0.15, 0.2) is 18.2 Å². The number of aliphatic carboxylic acids is 1. The number of nitrogens with one attached hydrogen (secondary N) is 2. The third-order valence-electron chi connectivity index (χ3n) is 3.39. The number of urea groups is 1. The number of hydrogen-bond acceptors (Lipinski definition) is 3. The van der Waals surface area contributed by atoms with Crippen molar-refractivity contribution < 1.29 is 23.8 Å². The zero-order valence-corrected chi connectivity index (χ0v) is 12.1. The fraction of sp³-hybridized carbons (Fsp3) is 0.467. The van der Waals surface area contributed by atoms with Crippen molar-refractivity contribution in [2.24, 2.45) is 0 Å².